The monoisotopic (exact) mass is 401 g/mol. The van der Waals surface area contributed by atoms with Crippen LogP contribution in [0.5, 0.6) is 0 Å². The zero-order valence-electron chi connectivity index (χ0n) is 12.8. The summed E-state index contributed by atoms with van der Waals surface area (Å²) in [6.07, 6.45) is 2.00. The van der Waals surface area contributed by atoms with E-state index in [2.05, 4.69) is 21.2 Å². The lowest BCUT2D eigenvalue weighted by atomic mass is 10.1. The smallest absolute Gasteiger partial charge is 0.253 e. The molecule has 0 saturated carbocycles. The third kappa shape index (κ3) is 4.25. The van der Waals surface area contributed by atoms with Gasteiger partial charge in [0.05, 0.1) is 6.04 Å². The van der Waals surface area contributed by atoms with Gasteiger partial charge in [-0.2, -0.15) is 0 Å². The van der Waals surface area contributed by atoms with Crippen LogP contribution in [0.25, 0.3) is 0 Å². The highest BCUT2D eigenvalue weighted by molar-refractivity contribution is 9.10. The van der Waals surface area contributed by atoms with Gasteiger partial charge in [-0.05, 0) is 43.7 Å². The first-order valence-electron chi connectivity index (χ1n) is 7.72. The molecule has 2 amide bonds. The van der Waals surface area contributed by atoms with Gasteiger partial charge in [-0.25, -0.2) is 0 Å². The quantitative estimate of drug-likeness (QED) is 0.822. The molecule has 0 bridgehead atoms. The topological polar surface area (TPSA) is 52.7 Å². The van der Waals surface area contributed by atoms with Crippen molar-refractivity contribution in [1.82, 2.24) is 15.1 Å². The molecule has 2 fully saturated rings. The van der Waals surface area contributed by atoms with Gasteiger partial charge in [0.15, 0.2) is 0 Å². The number of rotatable bonds is 2. The Kier molecular flexibility index (Phi) is 6.44. The lowest BCUT2D eigenvalue weighted by molar-refractivity contribution is -0.134. The standard InChI is InChI=1S/C16H20BrN3O2.ClH/c17-13-5-3-12(4-6-13)15(21)19-8-10-20(11-9-19)16(22)14-2-1-7-18-14;/h3-6,14,18H,1-2,7-11H2;1H. The maximum absolute atomic E-state index is 12.4. The predicted molar refractivity (Wildman–Crippen MR) is 94.9 cm³/mol. The highest BCUT2D eigenvalue weighted by Gasteiger charge is 2.30. The van der Waals surface area contributed by atoms with Crippen molar-refractivity contribution in [3.8, 4) is 0 Å². The molecular weight excluding hydrogens is 382 g/mol. The minimum atomic E-state index is -0.0197. The Labute approximate surface area is 150 Å². The molecule has 1 aromatic carbocycles. The summed E-state index contributed by atoms with van der Waals surface area (Å²) in [5.41, 5.74) is 0.695. The number of nitrogens with one attached hydrogen (secondary N) is 1. The number of carbonyl (C=O) groups excluding carboxylic acids is 2. The number of carbonyl (C=O) groups is 2. The summed E-state index contributed by atoms with van der Waals surface area (Å²) in [7, 11) is 0. The number of halogens is 2. The number of hydrogen-bond donors (Lipinski definition) is 1. The van der Waals surface area contributed by atoms with Gasteiger partial charge >= 0.3 is 0 Å². The summed E-state index contributed by atoms with van der Waals surface area (Å²) in [6.45, 7) is 3.39. The van der Waals surface area contributed by atoms with E-state index >= 15 is 0 Å². The summed E-state index contributed by atoms with van der Waals surface area (Å²) in [6, 6.07) is 7.38. The highest BCUT2D eigenvalue weighted by atomic mass is 79.9. The Balaban J connectivity index is 0.00000192. The maximum Gasteiger partial charge on any atom is 0.253 e. The van der Waals surface area contributed by atoms with E-state index in [0.717, 1.165) is 23.9 Å². The zero-order valence-corrected chi connectivity index (χ0v) is 15.2. The third-order valence-electron chi connectivity index (χ3n) is 4.33. The molecule has 2 aliphatic rings. The molecule has 0 radical (unpaired) electrons. The van der Waals surface area contributed by atoms with E-state index in [0.29, 0.717) is 31.7 Å². The first-order valence-corrected chi connectivity index (χ1v) is 8.51. The molecule has 3 rings (SSSR count). The van der Waals surface area contributed by atoms with Crippen LogP contribution in [-0.4, -0.2) is 60.4 Å². The molecule has 7 heteroatoms. The van der Waals surface area contributed by atoms with Crippen molar-refractivity contribution >= 4 is 40.2 Å². The van der Waals surface area contributed by atoms with Gasteiger partial charge in [-0.15, -0.1) is 12.4 Å². The van der Waals surface area contributed by atoms with E-state index in [1.54, 1.807) is 0 Å². The van der Waals surface area contributed by atoms with Gasteiger partial charge in [0.2, 0.25) is 5.91 Å². The lowest BCUT2D eigenvalue weighted by Gasteiger charge is -2.36. The number of piperazine rings is 1. The molecule has 2 heterocycles. The Bertz CT molecular complexity index is 553. The van der Waals surface area contributed by atoms with Crippen LogP contribution in [0.15, 0.2) is 28.7 Å². The van der Waals surface area contributed by atoms with Crippen molar-refractivity contribution < 1.29 is 9.59 Å². The molecule has 1 aromatic rings. The van der Waals surface area contributed by atoms with Gasteiger partial charge in [0.25, 0.3) is 5.91 Å². The summed E-state index contributed by atoms with van der Waals surface area (Å²) >= 11 is 3.37. The Hall–Kier alpha value is -1.11. The second-order valence-electron chi connectivity index (χ2n) is 5.77. The Morgan fingerprint density at radius 1 is 1.04 bits per heavy atom. The van der Waals surface area contributed by atoms with Crippen LogP contribution in [-0.2, 0) is 4.79 Å². The fourth-order valence-corrected chi connectivity index (χ4v) is 3.29. The zero-order chi connectivity index (χ0) is 15.5. The highest BCUT2D eigenvalue weighted by Crippen LogP contribution is 2.15. The Morgan fingerprint density at radius 2 is 1.65 bits per heavy atom. The molecule has 0 spiro atoms. The van der Waals surface area contributed by atoms with Crippen LogP contribution in [0.2, 0.25) is 0 Å². The SMILES string of the molecule is Cl.O=C(c1ccc(Br)cc1)N1CCN(C(=O)C2CCCN2)CC1. The van der Waals surface area contributed by atoms with E-state index < -0.39 is 0 Å². The summed E-state index contributed by atoms with van der Waals surface area (Å²) in [4.78, 5) is 28.5. The van der Waals surface area contributed by atoms with E-state index in [9.17, 15) is 9.59 Å². The van der Waals surface area contributed by atoms with Gasteiger partial charge in [-0.3, -0.25) is 9.59 Å². The molecule has 5 nitrogen and oxygen atoms in total. The van der Waals surface area contributed by atoms with Crippen molar-refractivity contribution in [2.24, 2.45) is 0 Å². The molecule has 2 aliphatic heterocycles. The predicted octanol–water partition coefficient (Wildman–Crippen LogP) is 1.91. The molecule has 1 N–H and O–H groups in total. The van der Waals surface area contributed by atoms with Crippen LogP contribution in [0, 0.1) is 0 Å². The van der Waals surface area contributed by atoms with E-state index in [-0.39, 0.29) is 30.3 Å². The summed E-state index contributed by atoms with van der Waals surface area (Å²) in [5, 5.41) is 3.24. The van der Waals surface area contributed by atoms with Crippen molar-refractivity contribution in [2.45, 2.75) is 18.9 Å². The molecular formula is C16H21BrClN3O2. The average Bonchev–Trinajstić information content (AvgIpc) is 3.09. The maximum atomic E-state index is 12.4. The van der Waals surface area contributed by atoms with Crippen molar-refractivity contribution in [3.05, 3.63) is 34.3 Å². The molecule has 126 valence electrons. The third-order valence-corrected chi connectivity index (χ3v) is 4.86. The van der Waals surface area contributed by atoms with Crippen LogP contribution >= 0.6 is 28.3 Å². The Morgan fingerprint density at radius 3 is 2.22 bits per heavy atom. The summed E-state index contributed by atoms with van der Waals surface area (Å²) in [5.74, 6) is 0.229. The number of nitrogens with zero attached hydrogens (tertiary/aromatic N) is 2. The molecule has 0 aromatic heterocycles. The fraction of sp³-hybridized carbons (Fsp3) is 0.500. The fourth-order valence-electron chi connectivity index (χ4n) is 3.02. The van der Waals surface area contributed by atoms with Crippen molar-refractivity contribution in [1.29, 1.82) is 0 Å². The van der Waals surface area contributed by atoms with Gasteiger partial charge in [0.1, 0.15) is 0 Å². The van der Waals surface area contributed by atoms with Gasteiger partial charge < -0.3 is 15.1 Å². The molecule has 1 unspecified atom stereocenters. The first kappa shape index (κ1) is 18.2. The number of amides is 2. The normalized spacial score (nSPS) is 21.0. The second-order valence-corrected chi connectivity index (χ2v) is 6.69. The van der Waals surface area contributed by atoms with Crippen LogP contribution < -0.4 is 5.32 Å². The number of hydrogen-bond acceptors (Lipinski definition) is 3. The average molecular weight is 403 g/mol. The minimum absolute atomic E-state index is 0. The largest absolute Gasteiger partial charge is 0.338 e. The van der Waals surface area contributed by atoms with E-state index in [4.69, 9.17) is 0 Å². The van der Waals surface area contributed by atoms with Gasteiger partial charge in [-0.1, -0.05) is 15.9 Å². The van der Waals surface area contributed by atoms with E-state index in [1.165, 1.54) is 0 Å². The minimum Gasteiger partial charge on any atom is -0.338 e. The van der Waals surface area contributed by atoms with Gasteiger partial charge in [0, 0.05) is 36.2 Å². The van der Waals surface area contributed by atoms with Crippen molar-refractivity contribution in [2.75, 3.05) is 32.7 Å². The van der Waals surface area contributed by atoms with Crippen molar-refractivity contribution in [3.63, 3.8) is 0 Å². The van der Waals surface area contributed by atoms with E-state index in [1.807, 2.05) is 34.1 Å². The summed E-state index contributed by atoms with van der Waals surface area (Å²) < 4.78 is 0.962. The molecule has 2 saturated heterocycles. The van der Waals surface area contributed by atoms with Crippen LogP contribution in [0.1, 0.15) is 23.2 Å². The molecule has 23 heavy (non-hydrogen) atoms. The number of benzene rings is 1. The lowest BCUT2D eigenvalue weighted by Crippen LogP contribution is -2.54. The molecule has 0 aliphatic carbocycles. The first-order chi connectivity index (χ1) is 10.6. The van der Waals surface area contributed by atoms with Crippen LogP contribution in [0.3, 0.4) is 0 Å². The molecule has 1 atom stereocenters. The second kappa shape index (κ2) is 8.13. The van der Waals surface area contributed by atoms with Crippen LogP contribution in [0.4, 0.5) is 0 Å².